The molecule has 19 heavy (non-hydrogen) atoms. The van der Waals surface area contributed by atoms with Crippen molar-refractivity contribution in [3.8, 4) is 0 Å². The van der Waals surface area contributed by atoms with E-state index in [9.17, 15) is 9.50 Å². The van der Waals surface area contributed by atoms with E-state index in [1.165, 1.54) is 6.07 Å². The molecule has 3 heteroatoms. The lowest BCUT2D eigenvalue weighted by atomic mass is 9.96. The van der Waals surface area contributed by atoms with Crippen LogP contribution in [-0.2, 0) is 6.42 Å². The molecule has 0 amide bonds. The maximum atomic E-state index is 13.6. The van der Waals surface area contributed by atoms with Crippen molar-refractivity contribution in [1.29, 1.82) is 0 Å². The van der Waals surface area contributed by atoms with Crippen molar-refractivity contribution in [1.82, 2.24) is 0 Å². The highest BCUT2D eigenvalue weighted by Crippen LogP contribution is 2.27. The summed E-state index contributed by atoms with van der Waals surface area (Å²) >= 11 is 3.47. The highest BCUT2D eigenvalue weighted by molar-refractivity contribution is 9.10. The molecular weight excluding hydrogens is 307 g/mol. The van der Waals surface area contributed by atoms with Gasteiger partial charge in [-0.25, -0.2) is 4.39 Å². The standard InChI is InChI=1S/C16H16BrFO/c1-10-8-14(17)11(2)7-13(10)16(19)9-12-5-3-4-6-15(12)18/h3-8,16,19H,9H2,1-2H3. The van der Waals surface area contributed by atoms with Crippen LogP contribution in [0.15, 0.2) is 40.9 Å². The Labute approximate surface area is 121 Å². The molecule has 100 valence electrons. The zero-order valence-corrected chi connectivity index (χ0v) is 12.5. The SMILES string of the molecule is Cc1cc(C(O)Cc2ccccc2F)c(C)cc1Br. The molecule has 0 saturated heterocycles. The van der Waals surface area contributed by atoms with Gasteiger partial charge < -0.3 is 5.11 Å². The molecule has 1 unspecified atom stereocenters. The number of aryl methyl sites for hydroxylation is 2. The van der Waals surface area contributed by atoms with E-state index in [1.54, 1.807) is 18.2 Å². The lowest BCUT2D eigenvalue weighted by molar-refractivity contribution is 0.176. The number of hydrogen-bond acceptors (Lipinski definition) is 1. The van der Waals surface area contributed by atoms with Crippen LogP contribution in [0.4, 0.5) is 4.39 Å². The molecule has 0 saturated carbocycles. The molecule has 2 rings (SSSR count). The first-order valence-electron chi connectivity index (χ1n) is 6.17. The Balaban J connectivity index is 2.28. The van der Waals surface area contributed by atoms with Crippen molar-refractivity contribution in [2.24, 2.45) is 0 Å². The molecule has 1 nitrogen and oxygen atoms in total. The molecule has 0 aliphatic carbocycles. The number of halogens is 2. The zero-order valence-electron chi connectivity index (χ0n) is 11.0. The van der Waals surface area contributed by atoms with Gasteiger partial charge in [-0.3, -0.25) is 0 Å². The zero-order chi connectivity index (χ0) is 14.0. The summed E-state index contributed by atoms with van der Waals surface area (Å²) in [5.74, 6) is -0.270. The summed E-state index contributed by atoms with van der Waals surface area (Å²) in [6, 6.07) is 10.5. The van der Waals surface area contributed by atoms with Gasteiger partial charge in [-0.05, 0) is 48.2 Å². The van der Waals surface area contributed by atoms with Crippen LogP contribution in [0, 0.1) is 19.7 Å². The third-order valence-corrected chi connectivity index (χ3v) is 4.13. The number of hydrogen-bond donors (Lipinski definition) is 1. The number of aliphatic hydroxyl groups excluding tert-OH is 1. The van der Waals surface area contributed by atoms with E-state index in [0.717, 1.165) is 21.2 Å². The second-order valence-corrected chi connectivity index (χ2v) is 5.62. The van der Waals surface area contributed by atoms with Gasteiger partial charge in [0.1, 0.15) is 5.82 Å². The fraction of sp³-hybridized carbons (Fsp3) is 0.250. The van der Waals surface area contributed by atoms with Crippen LogP contribution in [0.25, 0.3) is 0 Å². The second kappa shape index (κ2) is 5.85. The number of rotatable bonds is 3. The lowest BCUT2D eigenvalue weighted by Gasteiger charge is -2.16. The Morgan fingerprint density at radius 2 is 1.84 bits per heavy atom. The predicted molar refractivity (Wildman–Crippen MR) is 78.7 cm³/mol. The fourth-order valence-electron chi connectivity index (χ4n) is 2.14. The summed E-state index contributed by atoms with van der Waals surface area (Å²) in [6.07, 6.45) is -0.405. The van der Waals surface area contributed by atoms with E-state index >= 15 is 0 Å². The highest BCUT2D eigenvalue weighted by Gasteiger charge is 2.14. The molecule has 0 bridgehead atoms. The van der Waals surface area contributed by atoms with E-state index in [4.69, 9.17) is 0 Å². The predicted octanol–water partition coefficient (Wildman–Crippen LogP) is 4.48. The summed E-state index contributed by atoms with van der Waals surface area (Å²) in [6.45, 7) is 3.92. The van der Waals surface area contributed by atoms with E-state index in [0.29, 0.717) is 5.56 Å². The van der Waals surface area contributed by atoms with Crippen molar-refractivity contribution < 1.29 is 9.50 Å². The quantitative estimate of drug-likeness (QED) is 0.883. The average molecular weight is 323 g/mol. The van der Waals surface area contributed by atoms with Crippen LogP contribution >= 0.6 is 15.9 Å². The monoisotopic (exact) mass is 322 g/mol. The lowest BCUT2D eigenvalue weighted by Crippen LogP contribution is -2.06. The Morgan fingerprint density at radius 1 is 1.16 bits per heavy atom. The van der Waals surface area contributed by atoms with E-state index < -0.39 is 6.10 Å². The molecule has 1 atom stereocenters. The van der Waals surface area contributed by atoms with Gasteiger partial charge >= 0.3 is 0 Å². The summed E-state index contributed by atoms with van der Waals surface area (Å²) in [5, 5.41) is 10.3. The second-order valence-electron chi connectivity index (χ2n) is 4.77. The van der Waals surface area contributed by atoms with Crippen LogP contribution in [0.1, 0.15) is 28.4 Å². The minimum Gasteiger partial charge on any atom is -0.388 e. The molecule has 0 aliphatic heterocycles. The molecule has 0 radical (unpaired) electrons. The van der Waals surface area contributed by atoms with Crippen LogP contribution in [0.3, 0.4) is 0 Å². The molecule has 0 fully saturated rings. The van der Waals surface area contributed by atoms with E-state index in [2.05, 4.69) is 15.9 Å². The van der Waals surface area contributed by atoms with Gasteiger partial charge in [0.15, 0.2) is 0 Å². The van der Waals surface area contributed by atoms with Crippen molar-refractivity contribution in [2.75, 3.05) is 0 Å². The minimum atomic E-state index is -0.691. The molecule has 0 spiro atoms. The molecule has 1 N–H and O–H groups in total. The number of benzene rings is 2. The van der Waals surface area contributed by atoms with E-state index in [-0.39, 0.29) is 12.2 Å². The Bertz CT molecular complexity index is 595. The van der Waals surface area contributed by atoms with E-state index in [1.807, 2.05) is 26.0 Å². The highest BCUT2D eigenvalue weighted by atomic mass is 79.9. The van der Waals surface area contributed by atoms with Gasteiger partial charge in [-0.2, -0.15) is 0 Å². The van der Waals surface area contributed by atoms with Gasteiger partial charge in [0, 0.05) is 10.9 Å². The van der Waals surface area contributed by atoms with Gasteiger partial charge in [-0.15, -0.1) is 0 Å². The van der Waals surface area contributed by atoms with Crippen molar-refractivity contribution >= 4 is 15.9 Å². The molecule has 0 aromatic heterocycles. The summed E-state index contributed by atoms with van der Waals surface area (Å²) in [4.78, 5) is 0. The smallest absolute Gasteiger partial charge is 0.126 e. The molecule has 0 heterocycles. The van der Waals surface area contributed by atoms with Gasteiger partial charge in [0.25, 0.3) is 0 Å². The molecule has 2 aromatic rings. The van der Waals surface area contributed by atoms with Crippen LogP contribution < -0.4 is 0 Å². The van der Waals surface area contributed by atoms with Gasteiger partial charge in [0.2, 0.25) is 0 Å². The molecule has 2 aromatic carbocycles. The van der Waals surface area contributed by atoms with Crippen LogP contribution in [0.2, 0.25) is 0 Å². The Kier molecular flexibility index (Phi) is 4.38. The minimum absolute atomic E-state index is 0.270. The summed E-state index contributed by atoms with van der Waals surface area (Å²) in [7, 11) is 0. The first kappa shape index (κ1) is 14.2. The van der Waals surface area contributed by atoms with Crippen molar-refractivity contribution in [3.63, 3.8) is 0 Å². The van der Waals surface area contributed by atoms with Crippen molar-refractivity contribution in [2.45, 2.75) is 26.4 Å². The van der Waals surface area contributed by atoms with Crippen LogP contribution in [-0.4, -0.2) is 5.11 Å². The van der Waals surface area contributed by atoms with Crippen LogP contribution in [0.5, 0.6) is 0 Å². The number of aliphatic hydroxyl groups is 1. The third kappa shape index (κ3) is 3.23. The normalized spacial score (nSPS) is 12.5. The first-order chi connectivity index (χ1) is 8.99. The third-order valence-electron chi connectivity index (χ3n) is 3.28. The largest absolute Gasteiger partial charge is 0.388 e. The summed E-state index contributed by atoms with van der Waals surface area (Å²) in [5.41, 5.74) is 3.45. The first-order valence-corrected chi connectivity index (χ1v) is 6.96. The topological polar surface area (TPSA) is 20.2 Å². The van der Waals surface area contributed by atoms with Gasteiger partial charge in [-0.1, -0.05) is 40.2 Å². The fourth-order valence-corrected chi connectivity index (χ4v) is 2.60. The maximum absolute atomic E-state index is 13.6. The summed E-state index contributed by atoms with van der Waals surface area (Å²) < 4.78 is 14.6. The Hall–Kier alpha value is -1.19. The maximum Gasteiger partial charge on any atom is 0.126 e. The Morgan fingerprint density at radius 3 is 2.53 bits per heavy atom. The van der Waals surface area contributed by atoms with Crippen molar-refractivity contribution in [3.05, 3.63) is 68.9 Å². The van der Waals surface area contributed by atoms with Gasteiger partial charge in [0.05, 0.1) is 6.10 Å². The average Bonchev–Trinajstić information content (AvgIpc) is 2.36. The molecule has 0 aliphatic rings. The molecular formula is C16H16BrFO.